The molecule has 0 aromatic carbocycles. The SMILES string of the molecule is CCCCCCCCCCCCCCCCCCCCC(=O)O[C@H](COC(=O)CCCCCCCCC)COC(=O)CCCCCCCCCCC(C)CC. The van der Waals surface area contributed by atoms with Crippen LogP contribution < -0.4 is 0 Å². The molecule has 0 aromatic rings. The van der Waals surface area contributed by atoms with Gasteiger partial charge in [-0.25, -0.2) is 0 Å². The molecule has 326 valence electrons. The fourth-order valence-corrected chi connectivity index (χ4v) is 7.30. The van der Waals surface area contributed by atoms with Crippen LogP contribution in [0.5, 0.6) is 0 Å². The molecule has 6 nitrogen and oxygen atoms in total. The Kier molecular flexibility index (Phi) is 42.3. The van der Waals surface area contributed by atoms with E-state index in [1.165, 1.54) is 167 Å². The maximum absolute atomic E-state index is 12.7. The van der Waals surface area contributed by atoms with Crippen LogP contribution >= 0.6 is 0 Å². The number of hydrogen-bond acceptors (Lipinski definition) is 6. The molecule has 0 aromatic heterocycles. The molecule has 0 heterocycles. The molecule has 0 aliphatic carbocycles. The molecule has 55 heavy (non-hydrogen) atoms. The van der Waals surface area contributed by atoms with Gasteiger partial charge in [-0.1, -0.05) is 233 Å². The van der Waals surface area contributed by atoms with Crippen LogP contribution in [0.2, 0.25) is 0 Å². The molecule has 0 saturated heterocycles. The van der Waals surface area contributed by atoms with Crippen molar-refractivity contribution < 1.29 is 28.6 Å². The average Bonchev–Trinajstić information content (AvgIpc) is 3.18. The van der Waals surface area contributed by atoms with Crippen molar-refractivity contribution in [2.24, 2.45) is 5.92 Å². The highest BCUT2D eigenvalue weighted by Crippen LogP contribution is 2.17. The van der Waals surface area contributed by atoms with Crippen molar-refractivity contribution in [3.05, 3.63) is 0 Å². The number of rotatable bonds is 44. The summed E-state index contributed by atoms with van der Waals surface area (Å²) in [5.41, 5.74) is 0. The fourth-order valence-electron chi connectivity index (χ4n) is 7.30. The summed E-state index contributed by atoms with van der Waals surface area (Å²) in [5.74, 6) is -0.00961. The second kappa shape index (κ2) is 43.5. The van der Waals surface area contributed by atoms with Crippen LogP contribution in [0.3, 0.4) is 0 Å². The number of unbranched alkanes of at least 4 members (excludes halogenated alkanes) is 30. The largest absolute Gasteiger partial charge is 0.462 e. The molecule has 6 heteroatoms. The lowest BCUT2D eigenvalue weighted by molar-refractivity contribution is -0.167. The number of hydrogen-bond donors (Lipinski definition) is 0. The first-order valence-corrected chi connectivity index (χ1v) is 24.4. The third-order valence-electron chi connectivity index (χ3n) is 11.4. The predicted molar refractivity (Wildman–Crippen MR) is 233 cm³/mol. The van der Waals surface area contributed by atoms with E-state index in [1.54, 1.807) is 0 Å². The van der Waals surface area contributed by atoms with Gasteiger partial charge in [0.25, 0.3) is 0 Å². The van der Waals surface area contributed by atoms with Crippen LogP contribution in [-0.2, 0) is 28.6 Å². The summed E-state index contributed by atoms with van der Waals surface area (Å²) in [5, 5.41) is 0. The Hall–Kier alpha value is -1.59. The summed E-state index contributed by atoms with van der Waals surface area (Å²) < 4.78 is 16.7. The topological polar surface area (TPSA) is 78.9 Å². The highest BCUT2D eigenvalue weighted by Gasteiger charge is 2.19. The van der Waals surface area contributed by atoms with Gasteiger partial charge in [0.05, 0.1) is 0 Å². The van der Waals surface area contributed by atoms with E-state index in [4.69, 9.17) is 14.2 Å². The first-order valence-electron chi connectivity index (χ1n) is 24.4. The third kappa shape index (κ3) is 41.9. The monoisotopic (exact) mass is 779 g/mol. The molecule has 0 fully saturated rings. The van der Waals surface area contributed by atoms with E-state index in [9.17, 15) is 14.4 Å². The van der Waals surface area contributed by atoms with Gasteiger partial charge in [-0.3, -0.25) is 14.4 Å². The van der Waals surface area contributed by atoms with Crippen molar-refractivity contribution in [2.75, 3.05) is 13.2 Å². The second-order valence-electron chi connectivity index (χ2n) is 17.0. The van der Waals surface area contributed by atoms with E-state index in [2.05, 4.69) is 27.7 Å². The minimum absolute atomic E-state index is 0.0644. The molecule has 0 amide bonds. The molecule has 0 aliphatic heterocycles. The van der Waals surface area contributed by atoms with E-state index in [1.807, 2.05) is 0 Å². The Morgan fingerprint density at radius 1 is 0.364 bits per heavy atom. The van der Waals surface area contributed by atoms with Gasteiger partial charge in [0, 0.05) is 19.3 Å². The van der Waals surface area contributed by atoms with E-state index in [0.717, 1.165) is 63.7 Å². The van der Waals surface area contributed by atoms with E-state index in [-0.39, 0.29) is 31.1 Å². The summed E-state index contributed by atoms with van der Waals surface area (Å²) in [6, 6.07) is 0. The molecule has 2 atom stereocenters. The standard InChI is InChI=1S/C49H94O6/c1-5-8-10-12-14-15-16-17-18-19-20-21-22-23-24-30-34-38-42-49(52)55-46(43-53-47(50)40-36-32-27-13-11-9-6-2)44-54-48(51)41-37-33-29-26-25-28-31-35-39-45(4)7-3/h45-46H,5-44H2,1-4H3/t45?,46-/m1/s1. The zero-order valence-electron chi connectivity index (χ0n) is 37.4. The van der Waals surface area contributed by atoms with Gasteiger partial charge < -0.3 is 14.2 Å². The number of ether oxygens (including phenoxy) is 3. The van der Waals surface area contributed by atoms with Crippen LogP contribution in [0, 0.1) is 5.92 Å². The van der Waals surface area contributed by atoms with Crippen LogP contribution in [-0.4, -0.2) is 37.2 Å². The summed E-state index contributed by atoms with van der Waals surface area (Å²) >= 11 is 0. The van der Waals surface area contributed by atoms with Crippen LogP contribution in [0.4, 0.5) is 0 Å². The van der Waals surface area contributed by atoms with Crippen molar-refractivity contribution in [2.45, 2.75) is 278 Å². The molecule has 0 spiro atoms. The Balaban J connectivity index is 4.21. The number of carbonyl (C=O) groups excluding carboxylic acids is 3. The molecule has 0 saturated carbocycles. The van der Waals surface area contributed by atoms with Gasteiger partial charge >= 0.3 is 17.9 Å². The average molecular weight is 779 g/mol. The highest BCUT2D eigenvalue weighted by atomic mass is 16.6. The van der Waals surface area contributed by atoms with Crippen LogP contribution in [0.1, 0.15) is 272 Å². The van der Waals surface area contributed by atoms with Crippen molar-refractivity contribution in [1.82, 2.24) is 0 Å². The Morgan fingerprint density at radius 3 is 0.945 bits per heavy atom. The minimum atomic E-state index is -0.759. The predicted octanol–water partition coefficient (Wildman–Crippen LogP) is 15.5. The lowest BCUT2D eigenvalue weighted by Crippen LogP contribution is -2.30. The molecule has 0 radical (unpaired) electrons. The van der Waals surface area contributed by atoms with Crippen molar-refractivity contribution >= 4 is 17.9 Å². The normalized spacial score (nSPS) is 12.4. The first-order chi connectivity index (χ1) is 26.9. The van der Waals surface area contributed by atoms with Crippen molar-refractivity contribution in [1.29, 1.82) is 0 Å². The van der Waals surface area contributed by atoms with Gasteiger partial charge in [-0.05, 0) is 25.2 Å². The second-order valence-corrected chi connectivity index (χ2v) is 17.0. The zero-order chi connectivity index (χ0) is 40.3. The van der Waals surface area contributed by atoms with Gasteiger partial charge in [-0.15, -0.1) is 0 Å². The molecular weight excluding hydrogens is 685 g/mol. The smallest absolute Gasteiger partial charge is 0.306 e. The van der Waals surface area contributed by atoms with Gasteiger partial charge in [-0.2, -0.15) is 0 Å². The van der Waals surface area contributed by atoms with Crippen LogP contribution in [0.25, 0.3) is 0 Å². The van der Waals surface area contributed by atoms with Crippen molar-refractivity contribution in [3.8, 4) is 0 Å². The molecule has 0 aliphatic rings. The zero-order valence-corrected chi connectivity index (χ0v) is 37.4. The summed E-state index contributed by atoms with van der Waals surface area (Å²) in [6.45, 7) is 8.98. The molecule has 0 rings (SSSR count). The Labute approximate surface area is 342 Å². The van der Waals surface area contributed by atoms with E-state index >= 15 is 0 Å². The van der Waals surface area contributed by atoms with Crippen LogP contribution in [0.15, 0.2) is 0 Å². The van der Waals surface area contributed by atoms with Crippen molar-refractivity contribution in [3.63, 3.8) is 0 Å². The molecule has 0 N–H and O–H groups in total. The minimum Gasteiger partial charge on any atom is -0.462 e. The highest BCUT2D eigenvalue weighted by molar-refractivity contribution is 5.71. The summed E-state index contributed by atoms with van der Waals surface area (Å²) in [6.07, 6.45) is 43.8. The quantitative estimate of drug-likeness (QED) is 0.0348. The first kappa shape index (κ1) is 53.4. The summed E-state index contributed by atoms with van der Waals surface area (Å²) in [7, 11) is 0. The lowest BCUT2D eigenvalue weighted by atomic mass is 9.99. The maximum atomic E-state index is 12.7. The lowest BCUT2D eigenvalue weighted by Gasteiger charge is -2.18. The third-order valence-corrected chi connectivity index (χ3v) is 11.4. The van der Waals surface area contributed by atoms with Gasteiger partial charge in [0.1, 0.15) is 13.2 Å². The Morgan fingerprint density at radius 2 is 0.636 bits per heavy atom. The van der Waals surface area contributed by atoms with Gasteiger partial charge in [0.2, 0.25) is 0 Å². The Bertz CT molecular complexity index is 828. The molecular formula is C49H94O6. The molecule has 0 bridgehead atoms. The molecule has 1 unspecified atom stereocenters. The summed E-state index contributed by atoms with van der Waals surface area (Å²) in [4.78, 5) is 37.7. The number of esters is 3. The van der Waals surface area contributed by atoms with E-state index < -0.39 is 6.10 Å². The van der Waals surface area contributed by atoms with E-state index in [0.29, 0.717) is 19.3 Å². The maximum Gasteiger partial charge on any atom is 0.306 e. The van der Waals surface area contributed by atoms with Gasteiger partial charge in [0.15, 0.2) is 6.10 Å². The fraction of sp³-hybridized carbons (Fsp3) is 0.939. The number of carbonyl (C=O) groups is 3.